The standard InChI is InChI=1S/C18H28N6O.HI/c1-5-19-18(23(3)13-17-21-14-22-24(17)4)20-11-8-12-25-16-10-7-6-9-15(16)2;/h6-7,9-10,14H,5,8,11-13H2,1-4H3,(H,19,20);1H. The number of aromatic nitrogens is 3. The second kappa shape index (κ2) is 11.7. The van der Waals surface area contributed by atoms with Gasteiger partial charge in [0.25, 0.3) is 0 Å². The van der Waals surface area contributed by atoms with Crippen molar-refractivity contribution in [3.05, 3.63) is 42.0 Å². The summed E-state index contributed by atoms with van der Waals surface area (Å²) >= 11 is 0. The van der Waals surface area contributed by atoms with E-state index in [1.54, 1.807) is 11.0 Å². The Kier molecular flexibility index (Phi) is 10.0. The van der Waals surface area contributed by atoms with E-state index in [2.05, 4.69) is 45.2 Å². The largest absolute Gasteiger partial charge is 0.493 e. The summed E-state index contributed by atoms with van der Waals surface area (Å²) in [7, 11) is 3.89. The second-order valence-corrected chi connectivity index (χ2v) is 5.86. The number of para-hydroxylation sites is 1. The van der Waals surface area contributed by atoms with Crippen LogP contribution in [0.25, 0.3) is 0 Å². The van der Waals surface area contributed by atoms with E-state index in [1.165, 1.54) is 0 Å². The molecule has 0 aliphatic rings. The molecule has 0 amide bonds. The number of benzene rings is 1. The SMILES string of the molecule is CCNC(=NCCCOc1ccccc1C)N(C)Cc1ncnn1C.I. The van der Waals surface area contributed by atoms with Gasteiger partial charge in [-0.25, -0.2) is 4.98 Å². The zero-order valence-electron chi connectivity index (χ0n) is 16.0. The summed E-state index contributed by atoms with van der Waals surface area (Å²) in [5.74, 6) is 2.70. The lowest BCUT2D eigenvalue weighted by atomic mass is 10.2. The highest BCUT2D eigenvalue weighted by Gasteiger charge is 2.09. The molecule has 2 aromatic rings. The van der Waals surface area contributed by atoms with Gasteiger partial charge in [0.1, 0.15) is 17.9 Å². The molecule has 26 heavy (non-hydrogen) atoms. The van der Waals surface area contributed by atoms with E-state index >= 15 is 0 Å². The summed E-state index contributed by atoms with van der Waals surface area (Å²) in [6.07, 6.45) is 2.43. The van der Waals surface area contributed by atoms with Crippen LogP contribution in [-0.2, 0) is 13.6 Å². The first-order valence-electron chi connectivity index (χ1n) is 8.62. The number of hydrogen-bond acceptors (Lipinski definition) is 4. The molecule has 1 aromatic heterocycles. The van der Waals surface area contributed by atoms with Gasteiger partial charge in [-0.2, -0.15) is 5.10 Å². The molecule has 8 heteroatoms. The van der Waals surface area contributed by atoms with Gasteiger partial charge in [-0.3, -0.25) is 9.67 Å². The summed E-state index contributed by atoms with van der Waals surface area (Å²) in [6.45, 7) is 6.95. The van der Waals surface area contributed by atoms with E-state index in [0.717, 1.165) is 36.1 Å². The fourth-order valence-electron chi connectivity index (χ4n) is 2.37. The van der Waals surface area contributed by atoms with Crippen LogP contribution in [0, 0.1) is 6.92 Å². The van der Waals surface area contributed by atoms with Gasteiger partial charge in [0.15, 0.2) is 5.96 Å². The zero-order chi connectivity index (χ0) is 18.1. The molecular weight excluding hydrogens is 443 g/mol. The van der Waals surface area contributed by atoms with E-state index < -0.39 is 0 Å². The first-order chi connectivity index (χ1) is 12.1. The van der Waals surface area contributed by atoms with E-state index in [-0.39, 0.29) is 24.0 Å². The Balaban J connectivity index is 0.00000338. The van der Waals surface area contributed by atoms with Crippen molar-refractivity contribution in [2.24, 2.45) is 12.0 Å². The van der Waals surface area contributed by atoms with Gasteiger partial charge in [-0.15, -0.1) is 24.0 Å². The predicted molar refractivity (Wildman–Crippen MR) is 115 cm³/mol. The number of aliphatic imine (C=N–C) groups is 1. The van der Waals surface area contributed by atoms with Crippen LogP contribution in [0.5, 0.6) is 5.75 Å². The van der Waals surface area contributed by atoms with Crippen molar-refractivity contribution in [1.29, 1.82) is 0 Å². The Labute approximate surface area is 172 Å². The highest BCUT2D eigenvalue weighted by Crippen LogP contribution is 2.16. The van der Waals surface area contributed by atoms with Gasteiger partial charge in [0, 0.05) is 33.6 Å². The summed E-state index contributed by atoms with van der Waals surface area (Å²) in [4.78, 5) is 11.0. The van der Waals surface area contributed by atoms with Gasteiger partial charge in [0.05, 0.1) is 13.2 Å². The fraction of sp³-hybridized carbons (Fsp3) is 0.500. The minimum absolute atomic E-state index is 0. The third kappa shape index (κ3) is 6.81. The van der Waals surface area contributed by atoms with E-state index in [4.69, 9.17) is 4.74 Å². The highest BCUT2D eigenvalue weighted by atomic mass is 127. The minimum Gasteiger partial charge on any atom is -0.493 e. The summed E-state index contributed by atoms with van der Waals surface area (Å²) in [5.41, 5.74) is 1.16. The Morgan fingerprint density at radius 1 is 1.35 bits per heavy atom. The van der Waals surface area contributed by atoms with Gasteiger partial charge in [-0.1, -0.05) is 18.2 Å². The average Bonchev–Trinajstić information content (AvgIpc) is 3.00. The normalized spacial score (nSPS) is 11.0. The molecule has 0 aliphatic carbocycles. The first kappa shape index (κ1) is 22.2. The molecule has 0 atom stereocenters. The molecule has 0 fully saturated rings. The average molecular weight is 472 g/mol. The van der Waals surface area contributed by atoms with Crippen molar-refractivity contribution < 1.29 is 4.74 Å². The van der Waals surface area contributed by atoms with Crippen LogP contribution < -0.4 is 10.1 Å². The van der Waals surface area contributed by atoms with Crippen molar-refractivity contribution in [3.63, 3.8) is 0 Å². The van der Waals surface area contributed by atoms with Crippen molar-refractivity contribution in [2.45, 2.75) is 26.8 Å². The third-order valence-corrected chi connectivity index (χ3v) is 3.80. The number of nitrogens with zero attached hydrogens (tertiary/aromatic N) is 5. The summed E-state index contributed by atoms with van der Waals surface area (Å²) in [6, 6.07) is 8.06. The Hall–Kier alpha value is -1.84. The van der Waals surface area contributed by atoms with Crippen LogP contribution >= 0.6 is 24.0 Å². The number of rotatable bonds is 8. The predicted octanol–water partition coefficient (Wildman–Crippen LogP) is 2.61. The molecule has 0 saturated heterocycles. The molecule has 144 valence electrons. The van der Waals surface area contributed by atoms with Crippen molar-refractivity contribution in [1.82, 2.24) is 25.0 Å². The number of ether oxygens (including phenoxy) is 1. The van der Waals surface area contributed by atoms with Crippen molar-refractivity contribution in [3.8, 4) is 5.75 Å². The van der Waals surface area contributed by atoms with Gasteiger partial charge in [-0.05, 0) is 25.5 Å². The lowest BCUT2D eigenvalue weighted by Crippen LogP contribution is -2.39. The van der Waals surface area contributed by atoms with Crippen LogP contribution in [0.3, 0.4) is 0 Å². The van der Waals surface area contributed by atoms with Crippen LogP contribution in [0.1, 0.15) is 24.7 Å². The maximum atomic E-state index is 5.82. The third-order valence-electron chi connectivity index (χ3n) is 3.80. The molecule has 1 heterocycles. The van der Waals surface area contributed by atoms with Crippen LogP contribution in [0.15, 0.2) is 35.6 Å². The van der Waals surface area contributed by atoms with Crippen molar-refractivity contribution in [2.75, 3.05) is 26.7 Å². The number of nitrogens with one attached hydrogen (secondary N) is 1. The Bertz CT molecular complexity index is 688. The summed E-state index contributed by atoms with van der Waals surface area (Å²) < 4.78 is 7.59. The molecule has 2 rings (SSSR count). The van der Waals surface area contributed by atoms with Gasteiger partial charge < -0.3 is 15.0 Å². The lowest BCUT2D eigenvalue weighted by Gasteiger charge is -2.21. The number of hydrogen-bond donors (Lipinski definition) is 1. The fourth-order valence-corrected chi connectivity index (χ4v) is 2.37. The zero-order valence-corrected chi connectivity index (χ0v) is 18.3. The van der Waals surface area contributed by atoms with Crippen LogP contribution in [-0.4, -0.2) is 52.4 Å². The molecule has 1 N–H and O–H groups in total. The van der Waals surface area contributed by atoms with E-state index in [1.807, 2.05) is 32.3 Å². The second-order valence-electron chi connectivity index (χ2n) is 5.86. The van der Waals surface area contributed by atoms with Gasteiger partial charge >= 0.3 is 0 Å². The highest BCUT2D eigenvalue weighted by molar-refractivity contribution is 14.0. The first-order valence-corrected chi connectivity index (χ1v) is 8.62. The molecule has 0 saturated carbocycles. The smallest absolute Gasteiger partial charge is 0.194 e. The molecule has 0 spiro atoms. The molecular formula is C18H29IN6O. The lowest BCUT2D eigenvalue weighted by molar-refractivity contribution is 0.311. The molecule has 7 nitrogen and oxygen atoms in total. The minimum atomic E-state index is 0. The topological polar surface area (TPSA) is 67.6 Å². The Morgan fingerprint density at radius 3 is 2.77 bits per heavy atom. The number of guanidine groups is 1. The molecule has 0 bridgehead atoms. The number of halogens is 1. The Morgan fingerprint density at radius 2 is 2.12 bits per heavy atom. The van der Waals surface area contributed by atoms with Gasteiger partial charge in [0.2, 0.25) is 0 Å². The van der Waals surface area contributed by atoms with Crippen LogP contribution in [0.4, 0.5) is 0 Å². The molecule has 0 radical (unpaired) electrons. The maximum Gasteiger partial charge on any atom is 0.194 e. The number of aryl methyl sites for hydroxylation is 2. The molecule has 1 aromatic carbocycles. The van der Waals surface area contributed by atoms with Crippen molar-refractivity contribution >= 4 is 29.9 Å². The quantitative estimate of drug-likeness (QED) is 0.277. The van der Waals surface area contributed by atoms with E-state index in [9.17, 15) is 0 Å². The van der Waals surface area contributed by atoms with E-state index in [0.29, 0.717) is 19.7 Å². The summed E-state index contributed by atoms with van der Waals surface area (Å²) in [5, 5.41) is 7.41. The monoisotopic (exact) mass is 472 g/mol. The maximum absolute atomic E-state index is 5.82. The molecule has 0 unspecified atom stereocenters. The van der Waals surface area contributed by atoms with Crippen LogP contribution in [0.2, 0.25) is 0 Å². The molecule has 0 aliphatic heterocycles.